The van der Waals surface area contributed by atoms with Gasteiger partial charge in [-0.15, -0.1) is 0 Å². The summed E-state index contributed by atoms with van der Waals surface area (Å²) in [4.78, 5) is 11.5. The van der Waals surface area contributed by atoms with E-state index in [1.165, 1.54) is 0 Å². The lowest BCUT2D eigenvalue weighted by atomic mass is 10.2. The van der Waals surface area contributed by atoms with Crippen LogP contribution in [0.5, 0.6) is 0 Å². The molecule has 0 radical (unpaired) electrons. The number of hydrogen-bond donors (Lipinski definition) is 2. The van der Waals surface area contributed by atoms with Crippen LogP contribution in [0.25, 0.3) is 0 Å². The molecule has 0 spiro atoms. The van der Waals surface area contributed by atoms with E-state index < -0.39 is 0 Å². The Morgan fingerprint density at radius 2 is 2.00 bits per heavy atom. The van der Waals surface area contributed by atoms with Crippen LogP contribution in [0.2, 0.25) is 0 Å². The zero-order valence-corrected chi connectivity index (χ0v) is 7.63. The third-order valence-electron chi connectivity index (χ3n) is 2.83. The van der Waals surface area contributed by atoms with Crippen LogP contribution in [-0.4, -0.2) is 25.0 Å². The van der Waals surface area contributed by atoms with Gasteiger partial charge in [0.1, 0.15) is 0 Å². The summed E-state index contributed by atoms with van der Waals surface area (Å²) in [6.07, 6.45) is 0. The van der Waals surface area contributed by atoms with Crippen LogP contribution in [-0.2, 0) is 4.79 Å². The van der Waals surface area contributed by atoms with Crippen molar-refractivity contribution in [3.8, 4) is 0 Å². The lowest BCUT2D eigenvalue weighted by molar-refractivity contribution is -0.123. The summed E-state index contributed by atoms with van der Waals surface area (Å²) in [5.74, 6) is 1.88. The molecule has 3 nitrogen and oxygen atoms in total. The van der Waals surface area contributed by atoms with Gasteiger partial charge in [-0.1, -0.05) is 0 Å². The van der Waals surface area contributed by atoms with Crippen molar-refractivity contribution in [3.63, 3.8) is 0 Å². The molecule has 2 atom stereocenters. The highest BCUT2D eigenvalue weighted by Crippen LogP contribution is 2.48. The van der Waals surface area contributed by atoms with Crippen LogP contribution in [0.1, 0.15) is 13.8 Å². The highest BCUT2D eigenvalue weighted by Gasteiger charge is 2.56. The van der Waals surface area contributed by atoms with Gasteiger partial charge in [0.05, 0.1) is 0 Å². The summed E-state index contributed by atoms with van der Waals surface area (Å²) < 4.78 is 0. The Kier molecular flexibility index (Phi) is 1.83. The van der Waals surface area contributed by atoms with Crippen molar-refractivity contribution in [1.29, 1.82) is 0 Å². The fraction of sp³-hybridized carbons (Fsp3) is 0.889. The minimum absolute atomic E-state index is 0.265. The van der Waals surface area contributed by atoms with Crippen LogP contribution >= 0.6 is 0 Å². The highest BCUT2D eigenvalue weighted by atomic mass is 16.2. The van der Waals surface area contributed by atoms with Crippen LogP contribution in [0.15, 0.2) is 0 Å². The van der Waals surface area contributed by atoms with Crippen molar-refractivity contribution < 1.29 is 4.79 Å². The van der Waals surface area contributed by atoms with Gasteiger partial charge in [-0.05, 0) is 38.8 Å². The van der Waals surface area contributed by atoms with E-state index in [0.29, 0.717) is 17.8 Å². The number of carbonyl (C=O) groups excluding carboxylic acids is 1. The van der Waals surface area contributed by atoms with Crippen molar-refractivity contribution in [2.24, 2.45) is 17.8 Å². The molecule has 2 fully saturated rings. The Bertz CT molecular complexity index is 193. The maximum absolute atomic E-state index is 11.5. The molecule has 1 saturated heterocycles. The molecule has 0 aromatic heterocycles. The van der Waals surface area contributed by atoms with E-state index in [4.69, 9.17) is 0 Å². The quantitative estimate of drug-likeness (QED) is 0.608. The Morgan fingerprint density at radius 1 is 1.42 bits per heavy atom. The first kappa shape index (κ1) is 8.05. The van der Waals surface area contributed by atoms with Gasteiger partial charge < -0.3 is 10.6 Å². The third-order valence-corrected chi connectivity index (χ3v) is 2.83. The van der Waals surface area contributed by atoms with Gasteiger partial charge in [-0.25, -0.2) is 0 Å². The molecule has 0 aromatic carbocycles. The summed E-state index contributed by atoms with van der Waals surface area (Å²) >= 11 is 0. The number of amides is 1. The van der Waals surface area contributed by atoms with E-state index in [9.17, 15) is 4.79 Å². The van der Waals surface area contributed by atoms with Crippen LogP contribution in [0.4, 0.5) is 0 Å². The molecule has 2 N–H and O–H groups in total. The van der Waals surface area contributed by atoms with Crippen LogP contribution in [0, 0.1) is 17.8 Å². The molecule has 1 heterocycles. The third kappa shape index (κ3) is 1.22. The lowest BCUT2D eigenvalue weighted by Gasteiger charge is -2.09. The van der Waals surface area contributed by atoms with Gasteiger partial charge in [-0.3, -0.25) is 4.79 Å². The number of piperidine rings is 1. The fourth-order valence-corrected chi connectivity index (χ4v) is 2.19. The van der Waals surface area contributed by atoms with Gasteiger partial charge in [0, 0.05) is 12.0 Å². The van der Waals surface area contributed by atoms with Crippen molar-refractivity contribution >= 4 is 5.91 Å². The molecule has 1 aliphatic heterocycles. The summed E-state index contributed by atoms with van der Waals surface area (Å²) in [7, 11) is 0. The average Bonchev–Trinajstić information content (AvgIpc) is 2.45. The fourth-order valence-electron chi connectivity index (χ4n) is 2.19. The maximum atomic E-state index is 11.5. The summed E-state index contributed by atoms with van der Waals surface area (Å²) in [5.41, 5.74) is 0. The number of nitrogens with one attached hydrogen (secondary N) is 2. The van der Waals surface area contributed by atoms with E-state index in [1.54, 1.807) is 0 Å². The predicted molar refractivity (Wildman–Crippen MR) is 46.6 cm³/mol. The number of rotatable bonds is 2. The van der Waals surface area contributed by atoms with Gasteiger partial charge in [-0.2, -0.15) is 0 Å². The molecule has 0 bridgehead atoms. The first-order valence-corrected chi connectivity index (χ1v) is 4.71. The smallest absolute Gasteiger partial charge is 0.223 e. The zero-order chi connectivity index (χ0) is 8.72. The van der Waals surface area contributed by atoms with E-state index in [-0.39, 0.29) is 11.9 Å². The average molecular weight is 168 g/mol. The van der Waals surface area contributed by atoms with E-state index in [2.05, 4.69) is 10.6 Å². The van der Waals surface area contributed by atoms with E-state index >= 15 is 0 Å². The first-order valence-electron chi connectivity index (χ1n) is 4.71. The molecular weight excluding hydrogens is 152 g/mol. The summed E-state index contributed by atoms with van der Waals surface area (Å²) in [6.45, 7) is 6.10. The maximum Gasteiger partial charge on any atom is 0.223 e. The normalized spacial score (nSPS) is 38.1. The largest absolute Gasteiger partial charge is 0.354 e. The second-order valence-electron chi connectivity index (χ2n) is 4.18. The minimum atomic E-state index is 0.265. The predicted octanol–water partition coefficient (Wildman–Crippen LogP) is -0.0236. The Morgan fingerprint density at radius 3 is 2.50 bits per heavy atom. The van der Waals surface area contributed by atoms with Gasteiger partial charge in [0.25, 0.3) is 0 Å². The molecular formula is C9H16N2O. The second kappa shape index (κ2) is 2.73. The molecule has 1 amide bonds. The second-order valence-corrected chi connectivity index (χ2v) is 4.18. The Labute approximate surface area is 72.9 Å². The summed E-state index contributed by atoms with van der Waals surface area (Å²) in [5, 5.41) is 6.25. The van der Waals surface area contributed by atoms with Crippen molar-refractivity contribution in [3.05, 3.63) is 0 Å². The molecule has 1 aliphatic carbocycles. The van der Waals surface area contributed by atoms with Crippen molar-refractivity contribution in [2.75, 3.05) is 13.1 Å². The summed E-state index contributed by atoms with van der Waals surface area (Å²) in [6, 6.07) is 0.284. The number of fused-ring (bicyclic) bond motifs is 1. The van der Waals surface area contributed by atoms with Gasteiger partial charge in [0.2, 0.25) is 5.91 Å². The molecule has 2 aliphatic rings. The van der Waals surface area contributed by atoms with Gasteiger partial charge in [0.15, 0.2) is 0 Å². The van der Waals surface area contributed by atoms with Crippen LogP contribution < -0.4 is 10.6 Å². The first-order chi connectivity index (χ1) is 5.70. The molecule has 0 aromatic rings. The molecule has 12 heavy (non-hydrogen) atoms. The standard InChI is InChI=1S/C9H16N2O/c1-5(2)11-9(12)8-6-3-10-4-7(6)8/h5-8,10H,3-4H2,1-2H3,(H,11,12). The van der Waals surface area contributed by atoms with Crippen molar-refractivity contribution in [1.82, 2.24) is 10.6 Å². The topological polar surface area (TPSA) is 41.1 Å². The van der Waals surface area contributed by atoms with Crippen LogP contribution in [0.3, 0.4) is 0 Å². The Balaban J connectivity index is 1.84. The molecule has 2 rings (SSSR count). The number of carbonyl (C=O) groups is 1. The zero-order valence-electron chi connectivity index (χ0n) is 7.63. The molecule has 1 saturated carbocycles. The molecule has 2 unspecified atom stereocenters. The number of hydrogen-bond acceptors (Lipinski definition) is 2. The Hall–Kier alpha value is -0.570. The van der Waals surface area contributed by atoms with E-state index in [0.717, 1.165) is 13.1 Å². The molecule has 3 heteroatoms. The van der Waals surface area contributed by atoms with Crippen molar-refractivity contribution in [2.45, 2.75) is 19.9 Å². The lowest BCUT2D eigenvalue weighted by Crippen LogP contribution is -2.34. The monoisotopic (exact) mass is 168 g/mol. The van der Waals surface area contributed by atoms with Gasteiger partial charge >= 0.3 is 0 Å². The molecule has 68 valence electrons. The highest BCUT2D eigenvalue weighted by molar-refractivity contribution is 5.82. The SMILES string of the molecule is CC(C)NC(=O)C1C2CNCC21. The minimum Gasteiger partial charge on any atom is -0.354 e. The van der Waals surface area contributed by atoms with E-state index in [1.807, 2.05) is 13.8 Å².